The van der Waals surface area contributed by atoms with Crippen molar-refractivity contribution in [2.75, 3.05) is 7.11 Å². The van der Waals surface area contributed by atoms with Crippen LogP contribution < -0.4 is 0 Å². The minimum absolute atomic E-state index is 0.371. The Bertz CT molecular complexity index is 774. The Hall–Kier alpha value is -2.42. The molecule has 9 heteroatoms. The van der Waals surface area contributed by atoms with Crippen molar-refractivity contribution in [2.24, 2.45) is 17.3 Å². The molecule has 1 aliphatic carbocycles. The van der Waals surface area contributed by atoms with Crippen molar-refractivity contribution >= 4 is 11.9 Å². The number of esters is 2. The number of halogens is 4. The Morgan fingerprint density at radius 1 is 1.07 bits per heavy atom. The second-order valence-corrected chi connectivity index (χ2v) is 6.69. The molecule has 1 N–H and O–H groups in total. The molecule has 0 radical (unpaired) electrons. The molecule has 2 atom stereocenters. The Labute approximate surface area is 152 Å². The molecule has 0 saturated heterocycles. The van der Waals surface area contributed by atoms with Crippen molar-refractivity contribution in [3.8, 4) is 0 Å². The third kappa shape index (κ3) is 3.83. The van der Waals surface area contributed by atoms with E-state index >= 15 is 0 Å². The van der Waals surface area contributed by atoms with E-state index in [9.17, 15) is 27.2 Å². The first-order valence-corrected chi connectivity index (χ1v) is 7.95. The standard InChI is InChI=1S/C18H18F4O5/c1-18(2)10(4-5-11(24)26-3)12(18)17(25)27-7-9-15(21)13(19)8(6-23)14(20)16(9)22/h4-5,10,12,23H,6-7H2,1-3H3/b5-4-/t10-,12-/m1/s1. The highest BCUT2D eigenvalue weighted by Crippen LogP contribution is 2.59. The molecule has 0 bridgehead atoms. The largest absolute Gasteiger partial charge is 0.466 e. The summed E-state index contributed by atoms with van der Waals surface area (Å²) in [6.07, 6.45) is 2.62. The van der Waals surface area contributed by atoms with E-state index in [1.165, 1.54) is 13.2 Å². The molecule has 148 valence electrons. The van der Waals surface area contributed by atoms with E-state index in [0.717, 1.165) is 6.08 Å². The van der Waals surface area contributed by atoms with Gasteiger partial charge in [-0.2, -0.15) is 0 Å². The van der Waals surface area contributed by atoms with Crippen LogP contribution in [-0.4, -0.2) is 24.2 Å². The van der Waals surface area contributed by atoms with Crippen LogP contribution in [0.15, 0.2) is 12.2 Å². The normalized spacial score (nSPS) is 20.6. The van der Waals surface area contributed by atoms with Gasteiger partial charge >= 0.3 is 11.9 Å². The minimum atomic E-state index is -1.74. The number of hydrogen-bond acceptors (Lipinski definition) is 5. The van der Waals surface area contributed by atoms with Crippen LogP contribution in [0.1, 0.15) is 25.0 Å². The topological polar surface area (TPSA) is 72.8 Å². The maximum absolute atomic E-state index is 13.9. The molecule has 1 aromatic carbocycles. The lowest BCUT2D eigenvalue weighted by atomic mass is 10.1. The highest BCUT2D eigenvalue weighted by atomic mass is 19.2. The molecular weight excluding hydrogens is 372 g/mol. The Kier molecular flexibility index (Phi) is 5.94. The zero-order chi connectivity index (χ0) is 20.5. The smallest absolute Gasteiger partial charge is 0.330 e. The van der Waals surface area contributed by atoms with E-state index in [1.54, 1.807) is 13.8 Å². The number of allylic oxidation sites excluding steroid dienone is 1. The van der Waals surface area contributed by atoms with E-state index in [0.29, 0.717) is 0 Å². The van der Waals surface area contributed by atoms with Crippen LogP contribution in [0.5, 0.6) is 0 Å². The number of aliphatic hydroxyl groups excluding tert-OH is 1. The molecule has 0 heterocycles. The van der Waals surface area contributed by atoms with Gasteiger partial charge in [0.15, 0.2) is 23.3 Å². The summed E-state index contributed by atoms with van der Waals surface area (Å²) in [4.78, 5) is 23.3. The van der Waals surface area contributed by atoms with Gasteiger partial charge in [0.2, 0.25) is 0 Å². The lowest BCUT2D eigenvalue weighted by Crippen LogP contribution is -2.14. The molecular formula is C18H18F4O5. The lowest BCUT2D eigenvalue weighted by molar-refractivity contribution is -0.147. The SMILES string of the molecule is COC(=O)/C=C\[C@@H]1[C@H](C(=O)OCc2c(F)c(F)c(CO)c(F)c2F)C1(C)C. The van der Waals surface area contributed by atoms with Gasteiger partial charge in [0.25, 0.3) is 0 Å². The van der Waals surface area contributed by atoms with Gasteiger partial charge < -0.3 is 14.6 Å². The Morgan fingerprint density at radius 3 is 2.07 bits per heavy atom. The summed E-state index contributed by atoms with van der Waals surface area (Å²) in [7, 11) is 1.19. The van der Waals surface area contributed by atoms with E-state index in [1.807, 2.05) is 0 Å². The number of aliphatic hydroxyl groups is 1. The van der Waals surface area contributed by atoms with Crippen molar-refractivity contribution in [3.63, 3.8) is 0 Å². The third-order valence-electron chi connectivity index (χ3n) is 4.77. The molecule has 0 aromatic heterocycles. The number of methoxy groups -OCH3 is 1. The van der Waals surface area contributed by atoms with Gasteiger partial charge in [-0.1, -0.05) is 19.9 Å². The van der Waals surface area contributed by atoms with Gasteiger partial charge in [-0.15, -0.1) is 0 Å². The molecule has 1 aromatic rings. The van der Waals surface area contributed by atoms with Crippen molar-refractivity contribution in [3.05, 3.63) is 46.5 Å². The second-order valence-electron chi connectivity index (χ2n) is 6.69. The number of carbonyl (C=O) groups is 2. The Morgan fingerprint density at radius 2 is 1.59 bits per heavy atom. The zero-order valence-electron chi connectivity index (χ0n) is 14.8. The highest BCUT2D eigenvalue weighted by Gasteiger charge is 2.61. The molecule has 1 fully saturated rings. The maximum Gasteiger partial charge on any atom is 0.330 e. The van der Waals surface area contributed by atoms with Gasteiger partial charge in [0.1, 0.15) is 6.61 Å². The van der Waals surface area contributed by atoms with Crippen LogP contribution >= 0.6 is 0 Å². The average molecular weight is 390 g/mol. The fourth-order valence-electron chi connectivity index (χ4n) is 2.96. The zero-order valence-corrected chi connectivity index (χ0v) is 14.8. The monoisotopic (exact) mass is 390 g/mol. The molecule has 27 heavy (non-hydrogen) atoms. The van der Waals surface area contributed by atoms with Crippen LogP contribution in [0.25, 0.3) is 0 Å². The van der Waals surface area contributed by atoms with Gasteiger partial charge in [-0.3, -0.25) is 4.79 Å². The van der Waals surface area contributed by atoms with Gasteiger partial charge in [-0.05, 0) is 11.3 Å². The third-order valence-corrected chi connectivity index (χ3v) is 4.77. The van der Waals surface area contributed by atoms with Crippen LogP contribution in [0.3, 0.4) is 0 Å². The summed E-state index contributed by atoms with van der Waals surface area (Å²) >= 11 is 0. The van der Waals surface area contributed by atoms with Gasteiger partial charge in [-0.25, -0.2) is 22.4 Å². The maximum atomic E-state index is 13.9. The van der Waals surface area contributed by atoms with E-state index in [-0.39, 0.29) is 5.92 Å². The van der Waals surface area contributed by atoms with E-state index in [4.69, 9.17) is 9.84 Å². The molecule has 1 aliphatic rings. The van der Waals surface area contributed by atoms with Crippen molar-refractivity contribution in [1.82, 2.24) is 0 Å². The fraction of sp³-hybridized carbons (Fsp3) is 0.444. The van der Waals surface area contributed by atoms with Crippen molar-refractivity contribution < 1.29 is 41.7 Å². The van der Waals surface area contributed by atoms with Crippen LogP contribution in [0.4, 0.5) is 17.6 Å². The highest BCUT2D eigenvalue weighted by molar-refractivity contribution is 5.83. The van der Waals surface area contributed by atoms with E-state index in [2.05, 4.69) is 4.74 Å². The first kappa shape index (κ1) is 20.9. The van der Waals surface area contributed by atoms with E-state index < -0.39 is 70.9 Å². The average Bonchev–Trinajstić information content (AvgIpc) is 3.18. The number of hydrogen-bond donors (Lipinski definition) is 1. The molecule has 1 saturated carbocycles. The van der Waals surface area contributed by atoms with Crippen LogP contribution in [0, 0.1) is 40.5 Å². The molecule has 0 unspecified atom stereocenters. The van der Waals surface area contributed by atoms with Crippen molar-refractivity contribution in [1.29, 1.82) is 0 Å². The predicted octanol–water partition coefficient (Wildman–Crippen LogP) is 2.78. The summed E-state index contributed by atoms with van der Waals surface area (Å²) < 4.78 is 64.4. The van der Waals surface area contributed by atoms with Gasteiger partial charge in [0.05, 0.1) is 30.8 Å². The van der Waals surface area contributed by atoms with Gasteiger partial charge in [0, 0.05) is 6.08 Å². The first-order chi connectivity index (χ1) is 12.6. The lowest BCUT2D eigenvalue weighted by Gasteiger charge is -2.11. The minimum Gasteiger partial charge on any atom is -0.466 e. The quantitative estimate of drug-likeness (QED) is 0.350. The summed E-state index contributed by atoms with van der Waals surface area (Å²) in [5.41, 5.74) is -2.80. The molecule has 0 amide bonds. The summed E-state index contributed by atoms with van der Waals surface area (Å²) in [6.45, 7) is 1.20. The molecule has 0 spiro atoms. The number of rotatable bonds is 6. The Balaban J connectivity index is 2.13. The van der Waals surface area contributed by atoms with Crippen LogP contribution in [-0.2, 0) is 32.3 Å². The summed E-state index contributed by atoms with van der Waals surface area (Å²) in [6, 6.07) is 0. The number of benzene rings is 1. The molecule has 2 rings (SSSR count). The first-order valence-electron chi connectivity index (χ1n) is 7.95. The summed E-state index contributed by atoms with van der Waals surface area (Å²) in [5.74, 6) is -9.46. The second kappa shape index (κ2) is 7.67. The van der Waals surface area contributed by atoms with Crippen molar-refractivity contribution in [2.45, 2.75) is 27.1 Å². The number of ether oxygens (including phenoxy) is 2. The number of carbonyl (C=O) groups excluding carboxylic acids is 2. The fourth-order valence-corrected chi connectivity index (χ4v) is 2.96. The van der Waals surface area contributed by atoms with Crippen LogP contribution in [0.2, 0.25) is 0 Å². The predicted molar refractivity (Wildman–Crippen MR) is 83.9 cm³/mol. The molecule has 5 nitrogen and oxygen atoms in total. The summed E-state index contributed by atoms with van der Waals surface area (Å²) in [5, 5.41) is 8.79. The molecule has 0 aliphatic heterocycles.